The Balaban J connectivity index is 2.88. The van der Waals surface area contributed by atoms with Crippen molar-refractivity contribution in [2.45, 2.75) is 13.3 Å². The van der Waals surface area contributed by atoms with E-state index in [1.54, 1.807) is 6.07 Å². The van der Waals surface area contributed by atoms with Crippen molar-refractivity contribution in [3.8, 4) is 0 Å². The van der Waals surface area contributed by atoms with Crippen LogP contribution in [-0.2, 0) is 6.42 Å². The fourth-order valence-electron chi connectivity index (χ4n) is 0.659. The van der Waals surface area contributed by atoms with Gasteiger partial charge in [0.25, 0.3) is 4.92 Å². The lowest BCUT2D eigenvalue weighted by atomic mass is 10.4. The van der Waals surface area contributed by atoms with Gasteiger partial charge in [-0.15, -0.1) is 0 Å². The maximum absolute atomic E-state index is 10.2. The second-order valence-electron chi connectivity index (χ2n) is 1.87. The molecule has 0 spiro atoms. The fourth-order valence-corrected chi connectivity index (χ4v) is 0.659. The Kier molecular flexibility index (Phi) is 1.71. The van der Waals surface area contributed by atoms with Crippen LogP contribution in [0.25, 0.3) is 0 Å². The van der Waals surface area contributed by atoms with Crippen molar-refractivity contribution in [3.05, 3.63) is 22.8 Å². The van der Waals surface area contributed by atoms with Crippen molar-refractivity contribution >= 4 is 5.88 Å². The number of hydrogen-bond acceptors (Lipinski definition) is 2. The fraction of sp³-hybridized carbons (Fsp3) is 0.333. The van der Waals surface area contributed by atoms with Gasteiger partial charge in [0.1, 0.15) is 5.76 Å². The molecule has 0 aliphatic carbocycles. The molecule has 1 N–H and O–H groups in total. The maximum atomic E-state index is 10.2. The molecule has 0 radical (unpaired) electrons. The van der Waals surface area contributed by atoms with Crippen LogP contribution in [0.2, 0.25) is 0 Å². The molecule has 0 aliphatic rings. The number of aryl methyl sites for hydroxylation is 1. The van der Waals surface area contributed by atoms with Crippen molar-refractivity contribution in [2.75, 3.05) is 0 Å². The molecule has 4 nitrogen and oxygen atoms in total. The van der Waals surface area contributed by atoms with Gasteiger partial charge in [0.2, 0.25) is 0 Å². The molecule has 54 valence electrons. The normalized spacial score (nSPS) is 9.70. The van der Waals surface area contributed by atoms with Gasteiger partial charge in [0, 0.05) is 6.42 Å². The molecule has 10 heavy (non-hydrogen) atoms. The quantitative estimate of drug-likeness (QED) is 0.638. The molecule has 1 aromatic heterocycles. The first-order chi connectivity index (χ1) is 4.74. The number of nitrogens with zero attached hydrogens (tertiary/aromatic N) is 1. The summed E-state index contributed by atoms with van der Waals surface area (Å²) < 4.78 is 4.86. The minimum absolute atomic E-state index is 0.0724. The first kappa shape index (κ1) is 6.80. The highest BCUT2D eigenvalue weighted by molar-refractivity contribution is 5.16. The summed E-state index contributed by atoms with van der Waals surface area (Å²) in [6.45, 7) is 1.90. The molecule has 0 saturated carbocycles. The highest BCUT2D eigenvalue weighted by atomic mass is 16.6. The zero-order chi connectivity index (χ0) is 7.56. The standard InChI is InChI=1S/C6H8NO3/c1-2-5-3-4-6(10-5)7(8)9/h3-4H,2H2,1H3,(H,8,9)/q+1. The van der Waals surface area contributed by atoms with E-state index in [1.165, 1.54) is 6.07 Å². The Morgan fingerprint density at radius 3 is 2.70 bits per heavy atom. The lowest BCUT2D eigenvalue weighted by Gasteiger charge is -1.80. The number of hydrogen-bond donors (Lipinski definition) is 1. The first-order valence-electron chi connectivity index (χ1n) is 2.99. The first-order valence-corrected chi connectivity index (χ1v) is 2.99. The van der Waals surface area contributed by atoms with Gasteiger partial charge >= 0.3 is 5.88 Å². The van der Waals surface area contributed by atoms with Crippen LogP contribution in [0.5, 0.6) is 0 Å². The molecule has 0 saturated heterocycles. The molecule has 0 aliphatic heterocycles. The van der Waals surface area contributed by atoms with Gasteiger partial charge in [-0.05, 0) is 6.07 Å². The maximum Gasteiger partial charge on any atom is 0.480 e. The van der Waals surface area contributed by atoms with E-state index in [1.807, 2.05) is 6.92 Å². The predicted molar refractivity (Wildman–Crippen MR) is 33.2 cm³/mol. The van der Waals surface area contributed by atoms with Crippen molar-refractivity contribution in [2.24, 2.45) is 0 Å². The molecular weight excluding hydrogens is 134 g/mol. The summed E-state index contributed by atoms with van der Waals surface area (Å²) in [4.78, 5) is 9.86. The number of furan rings is 1. The van der Waals surface area contributed by atoms with Crippen LogP contribution in [0.15, 0.2) is 16.5 Å². The van der Waals surface area contributed by atoms with Gasteiger partial charge in [-0.25, -0.2) is 5.21 Å². The summed E-state index contributed by atoms with van der Waals surface area (Å²) >= 11 is 0. The lowest BCUT2D eigenvalue weighted by Crippen LogP contribution is -1.87. The van der Waals surface area contributed by atoms with Gasteiger partial charge in [-0.3, -0.25) is 0 Å². The van der Waals surface area contributed by atoms with Gasteiger partial charge in [-0.2, -0.15) is 0 Å². The van der Waals surface area contributed by atoms with E-state index in [-0.39, 0.29) is 10.8 Å². The smallest absolute Gasteiger partial charge is 0.403 e. The topological polar surface area (TPSA) is 53.5 Å². The van der Waals surface area contributed by atoms with Crippen LogP contribution >= 0.6 is 0 Å². The minimum Gasteiger partial charge on any atom is -0.403 e. The van der Waals surface area contributed by atoms with E-state index in [0.717, 1.165) is 0 Å². The highest BCUT2D eigenvalue weighted by Gasteiger charge is 2.16. The van der Waals surface area contributed by atoms with Crippen molar-refractivity contribution in [1.29, 1.82) is 0 Å². The van der Waals surface area contributed by atoms with Crippen LogP contribution in [-0.4, -0.2) is 10.1 Å². The summed E-state index contributed by atoms with van der Waals surface area (Å²) in [6, 6.07) is 3.07. The minimum atomic E-state index is -0.292. The van der Waals surface area contributed by atoms with E-state index in [2.05, 4.69) is 0 Å². The molecule has 4 heteroatoms. The molecule has 0 amide bonds. The third-order valence-corrected chi connectivity index (χ3v) is 1.18. The third-order valence-electron chi connectivity index (χ3n) is 1.18. The Morgan fingerprint density at radius 2 is 2.40 bits per heavy atom. The van der Waals surface area contributed by atoms with E-state index in [4.69, 9.17) is 9.62 Å². The highest BCUT2D eigenvalue weighted by Crippen LogP contribution is 2.14. The van der Waals surface area contributed by atoms with Gasteiger partial charge in [0.05, 0.1) is 11.0 Å². The lowest BCUT2D eigenvalue weighted by molar-refractivity contribution is -0.737. The monoisotopic (exact) mass is 142 g/mol. The zero-order valence-electron chi connectivity index (χ0n) is 5.57. The van der Waals surface area contributed by atoms with Crippen LogP contribution in [0.1, 0.15) is 12.7 Å². The zero-order valence-corrected chi connectivity index (χ0v) is 5.57. The molecule has 0 unspecified atom stereocenters. The molecule has 1 rings (SSSR count). The Labute approximate surface area is 57.6 Å². The number of rotatable bonds is 2. The van der Waals surface area contributed by atoms with E-state index >= 15 is 0 Å². The van der Waals surface area contributed by atoms with E-state index in [9.17, 15) is 4.91 Å². The molecule has 0 fully saturated rings. The summed E-state index contributed by atoms with van der Waals surface area (Å²) in [7, 11) is 0. The van der Waals surface area contributed by atoms with Crippen molar-refractivity contribution in [1.82, 2.24) is 0 Å². The van der Waals surface area contributed by atoms with Crippen LogP contribution in [0.3, 0.4) is 0 Å². The molecule has 0 bridgehead atoms. The third kappa shape index (κ3) is 1.15. The molecular formula is C6H8NO3+. The molecule has 0 aromatic carbocycles. The average molecular weight is 142 g/mol. The summed E-state index contributed by atoms with van der Waals surface area (Å²) in [6.07, 6.45) is 0.716. The predicted octanol–water partition coefficient (Wildman–Crippen LogP) is 1.64. The van der Waals surface area contributed by atoms with Crippen LogP contribution in [0.4, 0.5) is 5.88 Å². The van der Waals surface area contributed by atoms with Gasteiger partial charge in [0.15, 0.2) is 0 Å². The molecule has 1 heterocycles. The van der Waals surface area contributed by atoms with Gasteiger partial charge < -0.3 is 4.42 Å². The summed E-state index contributed by atoms with van der Waals surface area (Å²) in [5.74, 6) is 0.613. The van der Waals surface area contributed by atoms with Crippen molar-refractivity contribution < 1.29 is 14.5 Å². The Morgan fingerprint density at radius 1 is 1.70 bits per heavy atom. The largest absolute Gasteiger partial charge is 0.480 e. The van der Waals surface area contributed by atoms with Crippen LogP contribution < -0.4 is 0 Å². The Hall–Kier alpha value is -1.32. The molecule has 1 aromatic rings. The second kappa shape index (κ2) is 2.51. The SMILES string of the molecule is CCc1ccc([N+](=O)O)o1. The van der Waals surface area contributed by atoms with E-state index in [0.29, 0.717) is 12.2 Å². The summed E-state index contributed by atoms with van der Waals surface area (Å²) in [5, 5.41) is 8.32. The van der Waals surface area contributed by atoms with E-state index < -0.39 is 0 Å². The Bertz CT molecular complexity index is 241. The van der Waals surface area contributed by atoms with Crippen molar-refractivity contribution in [3.63, 3.8) is 0 Å². The van der Waals surface area contributed by atoms with Crippen LogP contribution in [0, 0.1) is 4.91 Å². The van der Waals surface area contributed by atoms with Gasteiger partial charge in [-0.1, -0.05) is 6.92 Å². The molecule has 0 atom stereocenters. The second-order valence-corrected chi connectivity index (χ2v) is 1.87. The summed E-state index contributed by atoms with van der Waals surface area (Å²) in [5.41, 5.74) is 0. The average Bonchev–Trinajstić information content (AvgIpc) is 2.34.